The van der Waals surface area contributed by atoms with E-state index in [-0.39, 0.29) is 0 Å². The van der Waals surface area contributed by atoms with Gasteiger partial charge in [0.2, 0.25) is 0 Å². The van der Waals surface area contributed by atoms with E-state index in [1.54, 1.807) is 0 Å². The molecular formula is C19H37N. The molecule has 20 heavy (non-hydrogen) atoms. The zero-order valence-corrected chi connectivity index (χ0v) is 14.6. The zero-order valence-electron chi connectivity index (χ0n) is 14.6. The summed E-state index contributed by atoms with van der Waals surface area (Å²) in [4.78, 5) is 2.76. The minimum atomic E-state index is 0.528. The van der Waals surface area contributed by atoms with Gasteiger partial charge in [0.25, 0.3) is 0 Å². The monoisotopic (exact) mass is 279 g/mol. The maximum atomic E-state index is 2.76. The van der Waals surface area contributed by atoms with Crippen molar-refractivity contribution in [3.05, 3.63) is 0 Å². The van der Waals surface area contributed by atoms with Crippen LogP contribution in [0.3, 0.4) is 0 Å². The molecule has 0 spiro atoms. The molecule has 2 aliphatic rings. The largest absolute Gasteiger partial charge is 0.303 e. The van der Waals surface area contributed by atoms with E-state index in [1.165, 1.54) is 58.2 Å². The van der Waals surface area contributed by atoms with Gasteiger partial charge < -0.3 is 4.90 Å². The van der Waals surface area contributed by atoms with Gasteiger partial charge in [0.15, 0.2) is 0 Å². The van der Waals surface area contributed by atoms with E-state index in [2.05, 4.69) is 39.5 Å². The van der Waals surface area contributed by atoms with Crippen LogP contribution in [0, 0.1) is 29.1 Å². The van der Waals surface area contributed by atoms with Gasteiger partial charge >= 0.3 is 0 Å². The fourth-order valence-electron chi connectivity index (χ4n) is 4.38. The molecule has 0 unspecified atom stereocenters. The standard InChI is InChI=1S/C19H37N/c1-15(2)17-10-12-20(13-11-17)14-16-6-8-18(9-7-16)19(3,4)5/h15-18H,6-14H2,1-5H3. The van der Waals surface area contributed by atoms with Gasteiger partial charge in [-0.15, -0.1) is 0 Å². The van der Waals surface area contributed by atoms with Crippen molar-refractivity contribution in [2.45, 2.75) is 73.1 Å². The number of hydrogen-bond donors (Lipinski definition) is 0. The minimum absolute atomic E-state index is 0.528. The molecule has 0 aromatic heterocycles. The Bertz CT molecular complexity index is 273. The highest BCUT2D eigenvalue weighted by Gasteiger charge is 2.31. The summed E-state index contributed by atoms with van der Waals surface area (Å²) in [5.74, 6) is 3.83. The maximum absolute atomic E-state index is 2.76. The van der Waals surface area contributed by atoms with Crippen LogP contribution in [0.15, 0.2) is 0 Å². The number of likely N-dealkylation sites (tertiary alicyclic amines) is 1. The molecule has 0 N–H and O–H groups in total. The summed E-state index contributed by atoms with van der Waals surface area (Å²) in [6.07, 6.45) is 8.77. The highest BCUT2D eigenvalue weighted by Crippen LogP contribution is 2.40. The zero-order chi connectivity index (χ0) is 14.8. The average Bonchev–Trinajstić information content (AvgIpc) is 2.39. The highest BCUT2D eigenvalue weighted by molar-refractivity contribution is 4.83. The third kappa shape index (κ3) is 4.48. The van der Waals surface area contributed by atoms with Crippen molar-refractivity contribution in [3.63, 3.8) is 0 Å². The number of piperidine rings is 1. The van der Waals surface area contributed by atoms with Gasteiger partial charge in [0, 0.05) is 6.54 Å². The quantitative estimate of drug-likeness (QED) is 0.685. The molecule has 2 rings (SSSR count). The van der Waals surface area contributed by atoms with Crippen LogP contribution in [-0.4, -0.2) is 24.5 Å². The fraction of sp³-hybridized carbons (Fsp3) is 1.00. The van der Waals surface area contributed by atoms with Crippen molar-refractivity contribution in [2.24, 2.45) is 29.1 Å². The predicted octanol–water partition coefficient (Wildman–Crippen LogP) is 5.21. The number of nitrogens with zero attached hydrogens (tertiary/aromatic N) is 1. The van der Waals surface area contributed by atoms with Gasteiger partial charge in [-0.2, -0.15) is 0 Å². The van der Waals surface area contributed by atoms with Crippen LogP contribution in [-0.2, 0) is 0 Å². The van der Waals surface area contributed by atoms with Gasteiger partial charge in [-0.1, -0.05) is 34.6 Å². The smallest absolute Gasteiger partial charge is 0.000966 e. The predicted molar refractivity (Wildman–Crippen MR) is 88.9 cm³/mol. The van der Waals surface area contributed by atoms with Crippen molar-refractivity contribution in [2.75, 3.05) is 19.6 Å². The Kier molecular flexibility index (Phi) is 5.56. The van der Waals surface area contributed by atoms with Gasteiger partial charge in [0.1, 0.15) is 0 Å². The Morgan fingerprint density at radius 3 is 1.90 bits per heavy atom. The third-order valence-corrected chi connectivity index (χ3v) is 6.16. The Morgan fingerprint density at radius 1 is 0.900 bits per heavy atom. The first-order valence-corrected chi connectivity index (χ1v) is 9.08. The number of hydrogen-bond acceptors (Lipinski definition) is 1. The summed E-state index contributed by atoms with van der Waals surface area (Å²) >= 11 is 0. The van der Waals surface area contributed by atoms with Crippen LogP contribution < -0.4 is 0 Å². The molecular weight excluding hydrogens is 242 g/mol. The maximum Gasteiger partial charge on any atom is 0.000966 e. The van der Waals surface area contributed by atoms with E-state index < -0.39 is 0 Å². The lowest BCUT2D eigenvalue weighted by Gasteiger charge is -2.40. The molecule has 1 heteroatoms. The SMILES string of the molecule is CC(C)C1CCN(CC2CCC(C(C)(C)C)CC2)CC1. The Labute approximate surface area is 127 Å². The molecule has 1 saturated heterocycles. The lowest BCUT2D eigenvalue weighted by atomic mass is 9.69. The number of rotatable bonds is 3. The molecule has 118 valence electrons. The molecule has 1 aliphatic heterocycles. The Balaban J connectivity index is 1.69. The molecule has 0 aromatic rings. The molecule has 1 heterocycles. The summed E-state index contributed by atoms with van der Waals surface area (Å²) in [5.41, 5.74) is 0.528. The molecule has 1 aliphatic carbocycles. The van der Waals surface area contributed by atoms with Crippen LogP contribution in [0.5, 0.6) is 0 Å². The summed E-state index contributed by atoms with van der Waals surface area (Å²) in [5, 5.41) is 0. The minimum Gasteiger partial charge on any atom is -0.303 e. The first-order chi connectivity index (χ1) is 9.36. The molecule has 0 amide bonds. The molecule has 1 nitrogen and oxygen atoms in total. The van der Waals surface area contributed by atoms with Crippen molar-refractivity contribution in [3.8, 4) is 0 Å². The Morgan fingerprint density at radius 2 is 1.45 bits per heavy atom. The van der Waals surface area contributed by atoms with Gasteiger partial charge in [0.05, 0.1) is 0 Å². The van der Waals surface area contributed by atoms with E-state index in [0.717, 1.165) is 23.7 Å². The van der Waals surface area contributed by atoms with Crippen LogP contribution in [0.2, 0.25) is 0 Å². The van der Waals surface area contributed by atoms with E-state index >= 15 is 0 Å². The van der Waals surface area contributed by atoms with Crippen molar-refractivity contribution in [1.82, 2.24) is 4.90 Å². The van der Waals surface area contributed by atoms with Gasteiger partial charge in [-0.3, -0.25) is 0 Å². The molecule has 0 bridgehead atoms. The van der Waals surface area contributed by atoms with Crippen molar-refractivity contribution in [1.29, 1.82) is 0 Å². The van der Waals surface area contributed by atoms with Crippen LogP contribution in [0.25, 0.3) is 0 Å². The third-order valence-electron chi connectivity index (χ3n) is 6.16. The van der Waals surface area contributed by atoms with E-state index in [4.69, 9.17) is 0 Å². The van der Waals surface area contributed by atoms with E-state index in [0.29, 0.717) is 5.41 Å². The summed E-state index contributed by atoms with van der Waals surface area (Å²) in [6.45, 7) is 16.2. The van der Waals surface area contributed by atoms with Gasteiger partial charge in [-0.05, 0) is 80.7 Å². The van der Waals surface area contributed by atoms with Crippen molar-refractivity contribution < 1.29 is 0 Å². The van der Waals surface area contributed by atoms with E-state index in [1.807, 2.05) is 0 Å². The second kappa shape index (κ2) is 6.81. The average molecular weight is 280 g/mol. The summed E-state index contributed by atoms with van der Waals surface area (Å²) in [6, 6.07) is 0. The fourth-order valence-corrected chi connectivity index (χ4v) is 4.38. The van der Waals surface area contributed by atoms with Crippen LogP contribution >= 0.6 is 0 Å². The summed E-state index contributed by atoms with van der Waals surface area (Å²) in [7, 11) is 0. The first kappa shape index (κ1) is 16.3. The molecule has 0 atom stereocenters. The van der Waals surface area contributed by atoms with Gasteiger partial charge in [-0.25, -0.2) is 0 Å². The Hall–Kier alpha value is -0.0400. The molecule has 0 aromatic carbocycles. The lowest BCUT2D eigenvalue weighted by molar-refractivity contribution is 0.0994. The van der Waals surface area contributed by atoms with Crippen LogP contribution in [0.4, 0.5) is 0 Å². The van der Waals surface area contributed by atoms with E-state index in [9.17, 15) is 0 Å². The second-order valence-electron chi connectivity index (χ2n) is 8.97. The normalized spacial score (nSPS) is 30.9. The second-order valence-corrected chi connectivity index (χ2v) is 8.97. The van der Waals surface area contributed by atoms with Crippen LogP contribution in [0.1, 0.15) is 73.1 Å². The lowest BCUT2D eigenvalue weighted by Crippen LogP contribution is -2.39. The highest BCUT2D eigenvalue weighted by atomic mass is 15.1. The molecule has 0 radical (unpaired) electrons. The topological polar surface area (TPSA) is 3.24 Å². The molecule has 2 fully saturated rings. The van der Waals surface area contributed by atoms with Crippen molar-refractivity contribution >= 4 is 0 Å². The summed E-state index contributed by atoms with van der Waals surface area (Å²) < 4.78 is 0. The molecule has 1 saturated carbocycles. The first-order valence-electron chi connectivity index (χ1n) is 9.08.